The second-order valence-corrected chi connectivity index (χ2v) is 7.53. The second-order valence-electron chi connectivity index (χ2n) is 7.10. The molecule has 4 nitrogen and oxygen atoms in total. The summed E-state index contributed by atoms with van der Waals surface area (Å²) in [6.07, 6.45) is 3.47. The van der Waals surface area contributed by atoms with Gasteiger partial charge in [0.2, 0.25) is 11.8 Å². The molecule has 1 saturated carbocycles. The molecule has 1 atom stereocenters. The molecule has 4 rings (SSSR count). The van der Waals surface area contributed by atoms with E-state index in [9.17, 15) is 9.59 Å². The first-order valence-electron chi connectivity index (χ1n) is 9.04. The largest absolute Gasteiger partial charge is 0.346 e. The fourth-order valence-corrected chi connectivity index (χ4v) is 4.02. The quantitative estimate of drug-likeness (QED) is 0.832. The average Bonchev–Trinajstić information content (AvgIpc) is 3.01. The van der Waals surface area contributed by atoms with E-state index < -0.39 is 5.92 Å². The van der Waals surface area contributed by atoms with Crippen molar-refractivity contribution < 1.29 is 9.59 Å². The third-order valence-corrected chi connectivity index (χ3v) is 5.81. The molecule has 1 N–H and O–H groups in total. The van der Waals surface area contributed by atoms with Crippen molar-refractivity contribution in [3.05, 3.63) is 65.2 Å². The summed E-state index contributed by atoms with van der Waals surface area (Å²) in [5, 5.41) is 3.82. The number of nitrogens with zero attached hydrogens (tertiary/aromatic N) is 1. The predicted molar refractivity (Wildman–Crippen MR) is 102 cm³/mol. The van der Waals surface area contributed by atoms with Crippen molar-refractivity contribution in [2.24, 2.45) is 5.92 Å². The molecule has 134 valence electrons. The lowest BCUT2D eigenvalue weighted by atomic mass is 9.71. The number of benzene rings is 2. The van der Waals surface area contributed by atoms with Crippen LogP contribution in [0.15, 0.2) is 54.6 Å². The van der Waals surface area contributed by atoms with Gasteiger partial charge in [0.05, 0.1) is 5.54 Å². The maximum Gasteiger partial charge on any atom is 0.239 e. The molecule has 0 bridgehead atoms. The Morgan fingerprint density at radius 1 is 1.08 bits per heavy atom. The number of hydrogen-bond donors (Lipinski definition) is 1. The highest BCUT2D eigenvalue weighted by atomic mass is 35.5. The molecule has 5 heteroatoms. The molecule has 1 saturated heterocycles. The fraction of sp³-hybridized carbons (Fsp3) is 0.333. The maximum absolute atomic E-state index is 12.9. The van der Waals surface area contributed by atoms with E-state index >= 15 is 0 Å². The van der Waals surface area contributed by atoms with Gasteiger partial charge in [0, 0.05) is 17.3 Å². The molecule has 0 unspecified atom stereocenters. The smallest absolute Gasteiger partial charge is 0.239 e. The van der Waals surface area contributed by atoms with E-state index in [1.807, 2.05) is 30.3 Å². The highest BCUT2D eigenvalue weighted by Gasteiger charge is 2.44. The summed E-state index contributed by atoms with van der Waals surface area (Å²) in [4.78, 5) is 27.4. The summed E-state index contributed by atoms with van der Waals surface area (Å²) in [7, 11) is 0. The van der Waals surface area contributed by atoms with Crippen molar-refractivity contribution in [3.8, 4) is 0 Å². The zero-order chi connectivity index (χ0) is 18.1. The van der Waals surface area contributed by atoms with Gasteiger partial charge in [-0.15, -0.1) is 0 Å². The number of halogens is 1. The van der Waals surface area contributed by atoms with Crippen LogP contribution in [0.4, 0.5) is 5.69 Å². The van der Waals surface area contributed by atoms with E-state index in [4.69, 9.17) is 11.6 Å². The molecule has 0 radical (unpaired) electrons. The summed E-state index contributed by atoms with van der Waals surface area (Å²) in [6, 6.07) is 17.2. The number of carbonyl (C=O) groups is 2. The summed E-state index contributed by atoms with van der Waals surface area (Å²) < 4.78 is 0. The summed E-state index contributed by atoms with van der Waals surface area (Å²) in [5.41, 5.74) is 1.60. The highest BCUT2D eigenvalue weighted by Crippen LogP contribution is 2.41. The molecular formula is C21H21ClN2O2. The van der Waals surface area contributed by atoms with Crippen LogP contribution in [0.3, 0.4) is 0 Å². The number of carbonyl (C=O) groups excluding carboxylic acids is 2. The number of amides is 2. The molecule has 1 aliphatic heterocycles. The molecular weight excluding hydrogens is 348 g/mol. The Bertz CT molecular complexity index is 816. The van der Waals surface area contributed by atoms with Gasteiger partial charge in [-0.25, -0.2) is 0 Å². The Morgan fingerprint density at radius 2 is 1.77 bits per heavy atom. The molecule has 1 aliphatic carbocycles. The third kappa shape index (κ3) is 2.99. The minimum Gasteiger partial charge on any atom is -0.346 e. The lowest BCUT2D eigenvalue weighted by molar-refractivity contribution is -0.134. The van der Waals surface area contributed by atoms with Gasteiger partial charge < -0.3 is 10.2 Å². The number of rotatable bonds is 4. The minimum atomic E-state index is -0.619. The molecule has 26 heavy (non-hydrogen) atoms. The van der Waals surface area contributed by atoms with Crippen molar-refractivity contribution in [3.63, 3.8) is 0 Å². The van der Waals surface area contributed by atoms with Crippen LogP contribution < -0.4 is 10.2 Å². The van der Waals surface area contributed by atoms with Crippen LogP contribution in [0, 0.1) is 5.92 Å². The highest BCUT2D eigenvalue weighted by molar-refractivity contribution is 6.30. The zero-order valence-corrected chi connectivity index (χ0v) is 15.2. The number of nitrogens with one attached hydrogen (secondary N) is 1. The molecule has 2 aliphatic rings. The van der Waals surface area contributed by atoms with E-state index in [0.29, 0.717) is 18.0 Å². The van der Waals surface area contributed by atoms with Gasteiger partial charge in [0.1, 0.15) is 5.92 Å². The van der Waals surface area contributed by atoms with Crippen molar-refractivity contribution in [1.82, 2.24) is 5.32 Å². The van der Waals surface area contributed by atoms with Gasteiger partial charge in [-0.05, 0) is 55.5 Å². The lowest BCUT2D eigenvalue weighted by Crippen LogP contribution is -2.53. The van der Waals surface area contributed by atoms with Gasteiger partial charge >= 0.3 is 0 Å². The van der Waals surface area contributed by atoms with E-state index in [0.717, 1.165) is 30.5 Å². The van der Waals surface area contributed by atoms with Crippen molar-refractivity contribution in [1.29, 1.82) is 0 Å². The number of hydrogen-bond acceptors (Lipinski definition) is 2. The zero-order valence-electron chi connectivity index (χ0n) is 14.5. The Labute approximate surface area is 158 Å². The van der Waals surface area contributed by atoms with Crippen LogP contribution in [-0.2, 0) is 15.1 Å². The van der Waals surface area contributed by atoms with Crippen LogP contribution >= 0.6 is 11.6 Å². The fourth-order valence-electron chi connectivity index (χ4n) is 3.90. The Kier molecular flexibility index (Phi) is 4.45. The van der Waals surface area contributed by atoms with Crippen LogP contribution in [-0.4, -0.2) is 18.4 Å². The normalized spacial score (nSPS) is 21.3. The van der Waals surface area contributed by atoms with E-state index in [1.165, 1.54) is 0 Å². The van der Waals surface area contributed by atoms with Crippen molar-refractivity contribution in [2.75, 3.05) is 11.4 Å². The molecule has 2 aromatic rings. The molecule has 1 heterocycles. The maximum atomic E-state index is 12.9. The molecule has 2 amide bonds. The SMILES string of the molecule is O=C(NC1(c2ccccc2)CCC1)[C@@H]1CCN(c2ccc(Cl)cc2)C1=O. The Hall–Kier alpha value is -2.33. The Morgan fingerprint density at radius 3 is 2.38 bits per heavy atom. The van der Waals surface area contributed by atoms with Gasteiger partial charge in [-0.1, -0.05) is 41.9 Å². The van der Waals surface area contributed by atoms with Crippen molar-refractivity contribution in [2.45, 2.75) is 31.2 Å². The third-order valence-electron chi connectivity index (χ3n) is 5.56. The van der Waals surface area contributed by atoms with Crippen LogP contribution in [0.25, 0.3) is 0 Å². The van der Waals surface area contributed by atoms with E-state index in [1.54, 1.807) is 17.0 Å². The molecule has 2 fully saturated rings. The summed E-state index contributed by atoms with van der Waals surface area (Å²) >= 11 is 5.92. The average molecular weight is 369 g/mol. The van der Waals surface area contributed by atoms with Gasteiger partial charge in [-0.2, -0.15) is 0 Å². The number of anilines is 1. The second kappa shape index (κ2) is 6.76. The minimum absolute atomic E-state index is 0.132. The lowest BCUT2D eigenvalue weighted by Gasteiger charge is -2.43. The van der Waals surface area contributed by atoms with Crippen molar-refractivity contribution >= 4 is 29.1 Å². The van der Waals surface area contributed by atoms with Gasteiger partial charge in [0.15, 0.2) is 0 Å². The Balaban J connectivity index is 1.49. The molecule has 0 aromatic heterocycles. The van der Waals surface area contributed by atoms with Crippen LogP contribution in [0.2, 0.25) is 5.02 Å². The summed E-state index contributed by atoms with van der Waals surface area (Å²) in [5.74, 6) is -0.908. The van der Waals surface area contributed by atoms with E-state index in [2.05, 4.69) is 17.4 Å². The van der Waals surface area contributed by atoms with E-state index in [-0.39, 0.29) is 17.4 Å². The topological polar surface area (TPSA) is 49.4 Å². The first-order chi connectivity index (χ1) is 12.6. The van der Waals surface area contributed by atoms with Gasteiger partial charge in [-0.3, -0.25) is 9.59 Å². The molecule has 2 aromatic carbocycles. The van der Waals surface area contributed by atoms with Crippen LogP contribution in [0.5, 0.6) is 0 Å². The predicted octanol–water partition coefficient (Wildman–Crippen LogP) is 3.89. The summed E-state index contributed by atoms with van der Waals surface area (Å²) in [6.45, 7) is 0.552. The first-order valence-corrected chi connectivity index (χ1v) is 9.41. The monoisotopic (exact) mass is 368 g/mol. The molecule has 0 spiro atoms. The standard InChI is InChI=1S/C21H21ClN2O2/c22-16-7-9-17(10-8-16)24-14-11-18(20(24)26)19(25)23-21(12-4-13-21)15-5-2-1-3-6-15/h1-3,5-10,18H,4,11-14H2,(H,23,25)/t18-/m0/s1. The van der Waals surface area contributed by atoms with Gasteiger partial charge in [0.25, 0.3) is 0 Å². The van der Waals surface area contributed by atoms with Crippen LogP contribution in [0.1, 0.15) is 31.2 Å². The first kappa shape index (κ1) is 17.1.